The Kier molecular flexibility index (Phi) is 9.52. The van der Waals surface area contributed by atoms with E-state index in [1.54, 1.807) is 0 Å². The lowest BCUT2D eigenvalue weighted by Crippen LogP contribution is -2.41. The van der Waals surface area contributed by atoms with Gasteiger partial charge in [0.2, 0.25) is 5.91 Å². The van der Waals surface area contributed by atoms with Crippen molar-refractivity contribution in [2.24, 2.45) is 5.92 Å². The van der Waals surface area contributed by atoms with Gasteiger partial charge in [0, 0.05) is 18.5 Å². The van der Waals surface area contributed by atoms with E-state index in [0.29, 0.717) is 6.54 Å². The van der Waals surface area contributed by atoms with E-state index in [4.69, 9.17) is 0 Å². The number of hydrogen-bond acceptors (Lipinski definition) is 2. The fourth-order valence-electron chi connectivity index (χ4n) is 3.40. The summed E-state index contributed by atoms with van der Waals surface area (Å²) in [4.78, 5) is 17.4. The molecule has 0 aliphatic rings. The van der Waals surface area contributed by atoms with Crippen LogP contribution in [-0.2, 0) is 16.8 Å². The number of carbonyl (C=O) groups excluding carboxylic acids is 1. The zero-order valence-corrected chi connectivity index (χ0v) is 19.0. The van der Waals surface area contributed by atoms with Gasteiger partial charge >= 0.3 is 0 Å². The molecule has 154 valence electrons. The van der Waals surface area contributed by atoms with Crippen molar-refractivity contribution in [2.45, 2.75) is 86.2 Å². The van der Waals surface area contributed by atoms with Gasteiger partial charge in [0.05, 0.1) is 0 Å². The standard InChI is InChI=1S/C24H42N2O/c1-9-25(10-2)17-11-12-20(5)26(23(27)19(3)4)18-21-13-15-22(16-14-21)24(6,7)8/h13-16,19-20H,9-12,17-18H2,1-8H3. The first kappa shape index (κ1) is 23.7. The van der Waals surface area contributed by atoms with Crippen molar-refractivity contribution in [2.75, 3.05) is 19.6 Å². The van der Waals surface area contributed by atoms with Crippen LogP contribution in [0.1, 0.15) is 79.4 Å². The first-order chi connectivity index (χ1) is 12.6. The van der Waals surface area contributed by atoms with Crippen molar-refractivity contribution in [3.63, 3.8) is 0 Å². The third-order valence-corrected chi connectivity index (χ3v) is 5.47. The fourth-order valence-corrected chi connectivity index (χ4v) is 3.40. The largest absolute Gasteiger partial charge is 0.335 e. The van der Waals surface area contributed by atoms with Crippen molar-refractivity contribution in [1.82, 2.24) is 9.80 Å². The van der Waals surface area contributed by atoms with E-state index in [1.165, 1.54) is 11.1 Å². The molecule has 0 aliphatic carbocycles. The second-order valence-corrected chi connectivity index (χ2v) is 9.09. The van der Waals surface area contributed by atoms with Crippen molar-refractivity contribution in [3.05, 3.63) is 35.4 Å². The van der Waals surface area contributed by atoms with Crippen LogP contribution in [0.3, 0.4) is 0 Å². The predicted molar refractivity (Wildman–Crippen MR) is 117 cm³/mol. The minimum Gasteiger partial charge on any atom is -0.335 e. The molecule has 1 unspecified atom stereocenters. The highest BCUT2D eigenvalue weighted by Gasteiger charge is 2.23. The highest BCUT2D eigenvalue weighted by molar-refractivity contribution is 5.78. The lowest BCUT2D eigenvalue weighted by atomic mass is 9.86. The van der Waals surface area contributed by atoms with E-state index >= 15 is 0 Å². The highest BCUT2D eigenvalue weighted by Crippen LogP contribution is 2.23. The second kappa shape index (κ2) is 10.8. The van der Waals surface area contributed by atoms with Crippen molar-refractivity contribution in [1.29, 1.82) is 0 Å². The fraction of sp³-hybridized carbons (Fsp3) is 0.708. The number of rotatable bonds is 10. The average molecular weight is 375 g/mol. The molecular weight excluding hydrogens is 332 g/mol. The predicted octanol–water partition coefficient (Wildman–Crippen LogP) is 5.48. The minimum absolute atomic E-state index is 0.0316. The van der Waals surface area contributed by atoms with E-state index in [9.17, 15) is 4.79 Å². The lowest BCUT2D eigenvalue weighted by Gasteiger charge is -2.32. The molecule has 3 heteroatoms. The van der Waals surface area contributed by atoms with Crippen molar-refractivity contribution in [3.8, 4) is 0 Å². The summed E-state index contributed by atoms with van der Waals surface area (Å²) in [6.07, 6.45) is 2.18. The number of nitrogens with zero attached hydrogens (tertiary/aromatic N) is 2. The Balaban J connectivity index is 2.81. The number of benzene rings is 1. The molecule has 1 atom stereocenters. The van der Waals surface area contributed by atoms with E-state index in [2.05, 4.69) is 75.6 Å². The summed E-state index contributed by atoms with van der Waals surface area (Å²) in [5, 5.41) is 0. The third-order valence-electron chi connectivity index (χ3n) is 5.47. The summed E-state index contributed by atoms with van der Waals surface area (Å²) in [6, 6.07) is 9.04. The molecular formula is C24H42N2O. The topological polar surface area (TPSA) is 23.6 Å². The van der Waals surface area contributed by atoms with Crippen LogP contribution >= 0.6 is 0 Å². The molecule has 0 spiro atoms. The summed E-state index contributed by atoms with van der Waals surface area (Å²) in [5.41, 5.74) is 2.71. The van der Waals surface area contributed by atoms with Gasteiger partial charge in [-0.15, -0.1) is 0 Å². The van der Waals surface area contributed by atoms with Crippen LogP contribution in [0.2, 0.25) is 0 Å². The molecule has 0 fully saturated rings. The molecule has 0 N–H and O–H groups in total. The molecule has 0 heterocycles. The summed E-state index contributed by atoms with van der Waals surface area (Å²) < 4.78 is 0. The van der Waals surface area contributed by atoms with Crippen LogP contribution in [0.15, 0.2) is 24.3 Å². The monoisotopic (exact) mass is 374 g/mol. The normalized spacial score (nSPS) is 13.3. The van der Waals surface area contributed by atoms with Gasteiger partial charge < -0.3 is 9.80 Å². The van der Waals surface area contributed by atoms with Gasteiger partial charge in [0.15, 0.2) is 0 Å². The zero-order chi connectivity index (χ0) is 20.6. The van der Waals surface area contributed by atoms with Crippen LogP contribution in [0.4, 0.5) is 0 Å². The van der Waals surface area contributed by atoms with Gasteiger partial charge in [0.25, 0.3) is 0 Å². The number of amides is 1. The molecule has 1 aromatic carbocycles. The van der Waals surface area contributed by atoms with Crippen LogP contribution in [0, 0.1) is 5.92 Å². The molecule has 0 radical (unpaired) electrons. The smallest absolute Gasteiger partial charge is 0.225 e. The zero-order valence-electron chi connectivity index (χ0n) is 19.0. The summed E-state index contributed by atoms with van der Waals surface area (Å²) in [6.45, 7) is 21.3. The Morgan fingerprint density at radius 3 is 2.00 bits per heavy atom. The van der Waals surface area contributed by atoms with Crippen LogP contribution in [-0.4, -0.2) is 41.4 Å². The third kappa shape index (κ3) is 7.65. The van der Waals surface area contributed by atoms with Crippen LogP contribution in [0.25, 0.3) is 0 Å². The molecule has 0 aliphatic heterocycles. The summed E-state index contributed by atoms with van der Waals surface area (Å²) in [5.74, 6) is 0.286. The van der Waals surface area contributed by atoms with Gasteiger partial charge in [-0.2, -0.15) is 0 Å². The van der Waals surface area contributed by atoms with E-state index < -0.39 is 0 Å². The summed E-state index contributed by atoms with van der Waals surface area (Å²) >= 11 is 0. The maximum atomic E-state index is 12.8. The Morgan fingerprint density at radius 2 is 1.56 bits per heavy atom. The minimum atomic E-state index is 0.0316. The average Bonchev–Trinajstić information content (AvgIpc) is 2.62. The molecule has 0 bridgehead atoms. The van der Waals surface area contributed by atoms with E-state index in [-0.39, 0.29) is 23.3 Å². The quantitative estimate of drug-likeness (QED) is 0.541. The molecule has 1 aromatic rings. The van der Waals surface area contributed by atoms with E-state index in [1.807, 2.05) is 13.8 Å². The molecule has 3 nitrogen and oxygen atoms in total. The van der Waals surface area contributed by atoms with Gasteiger partial charge in [0.1, 0.15) is 0 Å². The molecule has 0 aromatic heterocycles. The molecule has 0 saturated heterocycles. The van der Waals surface area contributed by atoms with E-state index in [0.717, 1.165) is 32.5 Å². The van der Waals surface area contributed by atoms with Crippen molar-refractivity contribution >= 4 is 5.91 Å². The Bertz CT molecular complexity index is 553. The van der Waals surface area contributed by atoms with Gasteiger partial charge in [-0.05, 0) is 55.9 Å². The molecule has 0 saturated carbocycles. The van der Waals surface area contributed by atoms with Crippen molar-refractivity contribution < 1.29 is 4.79 Å². The maximum Gasteiger partial charge on any atom is 0.225 e. The number of carbonyl (C=O) groups is 1. The Labute approximate surface area is 168 Å². The first-order valence-corrected chi connectivity index (χ1v) is 10.7. The SMILES string of the molecule is CCN(CC)CCCC(C)N(Cc1ccc(C(C)(C)C)cc1)C(=O)C(C)C. The maximum absolute atomic E-state index is 12.8. The Hall–Kier alpha value is -1.35. The van der Waals surface area contributed by atoms with Crippen LogP contribution < -0.4 is 0 Å². The lowest BCUT2D eigenvalue weighted by molar-refractivity contribution is -0.137. The molecule has 27 heavy (non-hydrogen) atoms. The van der Waals surface area contributed by atoms with Crippen LogP contribution in [0.5, 0.6) is 0 Å². The molecule has 1 rings (SSSR count). The highest BCUT2D eigenvalue weighted by atomic mass is 16.2. The van der Waals surface area contributed by atoms with Gasteiger partial charge in [-0.1, -0.05) is 72.7 Å². The second-order valence-electron chi connectivity index (χ2n) is 9.09. The molecule has 1 amide bonds. The summed E-state index contributed by atoms with van der Waals surface area (Å²) in [7, 11) is 0. The first-order valence-electron chi connectivity index (χ1n) is 10.7. The van der Waals surface area contributed by atoms with Gasteiger partial charge in [-0.25, -0.2) is 0 Å². The van der Waals surface area contributed by atoms with Gasteiger partial charge in [-0.3, -0.25) is 4.79 Å². The number of hydrogen-bond donors (Lipinski definition) is 0. The Morgan fingerprint density at radius 1 is 1.00 bits per heavy atom.